The molecule has 0 bridgehead atoms. The smallest absolute Gasteiger partial charge is 0.324 e. The number of urea groups is 1. The van der Waals surface area contributed by atoms with Crippen LogP contribution in [0.1, 0.15) is 17.5 Å². The lowest BCUT2D eigenvalue weighted by atomic mass is 10.1. The first-order valence-electron chi connectivity index (χ1n) is 5.62. The largest absolute Gasteiger partial charge is 0.416 e. The predicted octanol–water partition coefficient (Wildman–Crippen LogP) is 3.25. The first-order chi connectivity index (χ1) is 8.38. The summed E-state index contributed by atoms with van der Waals surface area (Å²) in [4.78, 5) is 13.2. The molecular formula is C12H13F3N2O. The van der Waals surface area contributed by atoms with Gasteiger partial charge >= 0.3 is 12.2 Å². The van der Waals surface area contributed by atoms with E-state index in [1.165, 1.54) is 6.07 Å². The molecule has 1 aliphatic rings. The minimum atomic E-state index is -4.36. The second-order valence-electron chi connectivity index (χ2n) is 4.30. The maximum absolute atomic E-state index is 12.5. The minimum Gasteiger partial charge on any atom is -0.324 e. The van der Waals surface area contributed by atoms with Gasteiger partial charge in [-0.25, -0.2) is 4.79 Å². The number of carbonyl (C=O) groups is 1. The van der Waals surface area contributed by atoms with Crippen molar-refractivity contribution in [3.8, 4) is 0 Å². The Balaban J connectivity index is 2.12. The summed E-state index contributed by atoms with van der Waals surface area (Å²) in [5, 5.41) is 2.61. The van der Waals surface area contributed by atoms with Crippen molar-refractivity contribution >= 4 is 11.7 Å². The molecule has 98 valence electrons. The van der Waals surface area contributed by atoms with E-state index in [1.54, 1.807) is 11.8 Å². The van der Waals surface area contributed by atoms with E-state index in [2.05, 4.69) is 5.32 Å². The van der Waals surface area contributed by atoms with Crippen LogP contribution in [-0.4, -0.2) is 24.0 Å². The van der Waals surface area contributed by atoms with Gasteiger partial charge in [-0.15, -0.1) is 0 Å². The van der Waals surface area contributed by atoms with Gasteiger partial charge in [-0.2, -0.15) is 13.2 Å². The molecule has 1 heterocycles. The zero-order chi connectivity index (χ0) is 13.3. The molecule has 0 aromatic heterocycles. The van der Waals surface area contributed by atoms with Gasteiger partial charge in [0, 0.05) is 18.8 Å². The Morgan fingerprint density at radius 2 is 2.00 bits per heavy atom. The second-order valence-corrected chi connectivity index (χ2v) is 4.30. The minimum absolute atomic E-state index is 0.260. The summed E-state index contributed by atoms with van der Waals surface area (Å²) in [6, 6.07) is 3.03. The standard InChI is InChI=1S/C12H13F3N2O/c1-8-7-9(12(13,14)15)3-4-10(8)16-11(18)17-5-2-6-17/h3-4,7H,2,5-6H2,1H3,(H,16,18). The Hall–Kier alpha value is -1.72. The molecule has 1 aromatic rings. The highest BCUT2D eigenvalue weighted by Crippen LogP contribution is 2.31. The van der Waals surface area contributed by atoms with E-state index in [0.29, 0.717) is 24.3 Å². The van der Waals surface area contributed by atoms with Crippen molar-refractivity contribution in [2.24, 2.45) is 0 Å². The average molecular weight is 258 g/mol. The number of aryl methyl sites for hydroxylation is 1. The summed E-state index contributed by atoms with van der Waals surface area (Å²) < 4.78 is 37.4. The molecule has 0 unspecified atom stereocenters. The number of halogens is 3. The number of alkyl halides is 3. The number of rotatable bonds is 1. The van der Waals surface area contributed by atoms with Gasteiger partial charge in [0.1, 0.15) is 0 Å². The van der Waals surface area contributed by atoms with E-state index in [1.807, 2.05) is 0 Å². The number of nitrogens with one attached hydrogen (secondary N) is 1. The fourth-order valence-corrected chi connectivity index (χ4v) is 1.69. The quantitative estimate of drug-likeness (QED) is 0.824. The molecule has 3 nitrogen and oxygen atoms in total. The van der Waals surface area contributed by atoms with E-state index in [9.17, 15) is 18.0 Å². The van der Waals surface area contributed by atoms with Crippen LogP contribution >= 0.6 is 0 Å². The molecule has 18 heavy (non-hydrogen) atoms. The van der Waals surface area contributed by atoms with Crippen molar-refractivity contribution < 1.29 is 18.0 Å². The summed E-state index contributed by atoms with van der Waals surface area (Å²) in [5.74, 6) is 0. The SMILES string of the molecule is Cc1cc(C(F)(F)F)ccc1NC(=O)N1CCC1. The van der Waals surface area contributed by atoms with E-state index in [0.717, 1.165) is 18.6 Å². The molecular weight excluding hydrogens is 245 g/mol. The molecule has 1 N–H and O–H groups in total. The van der Waals surface area contributed by atoms with Crippen molar-refractivity contribution in [3.05, 3.63) is 29.3 Å². The predicted molar refractivity (Wildman–Crippen MR) is 61.4 cm³/mol. The molecule has 6 heteroatoms. The maximum Gasteiger partial charge on any atom is 0.416 e. The van der Waals surface area contributed by atoms with Crippen molar-refractivity contribution in [1.82, 2.24) is 4.90 Å². The molecule has 1 fully saturated rings. The van der Waals surface area contributed by atoms with Crippen LogP contribution in [0.25, 0.3) is 0 Å². The van der Waals surface area contributed by atoms with Crippen LogP contribution in [0.4, 0.5) is 23.7 Å². The van der Waals surface area contributed by atoms with Crippen molar-refractivity contribution in [2.45, 2.75) is 19.5 Å². The van der Waals surface area contributed by atoms with Crippen molar-refractivity contribution in [1.29, 1.82) is 0 Å². The molecule has 1 aromatic carbocycles. The van der Waals surface area contributed by atoms with E-state index in [-0.39, 0.29) is 6.03 Å². The van der Waals surface area contributed by atoms with E-state index >= 15 is 0 Å². The molecule has 1 saturated heterocycles. The van der Waals surface area contributed by atoms with Crippen molar-refractivity contribution in [2.75, 3.05) is 18.4 Å². The fourth-order valence-electron chi connectivity index (χ4n) is 1.69. The highest BCUT2D eigenvalue weighted by atomic mass is 19.4. The number of nitrogens with zero attached hydrogens (tertiary/aromatic N) is 1. The third kappa shape index (κ3) is 2.57. The highest BCUT2D eigenvalue weighted by Gasteiger charge is 2.30. The molecule has 2 rings (SSSR count). The van der Waals surface area contributed by atoms with Crippen LogP contribution in [0.15, 0.2) is 18.2 Å². The lowest BCUT2D eigenvalue weighted by Gasteiger charge is -2.31. The molecule has 1 aliphatic heterocycles. The van der Waals surface area contributed by atoms with Crippen LogP contribution in [-0.2, 0) is 6.18 Å². The number of hydrogen-bond donors (Lipinski definition) is 1. The monoisotopic (exact) mass is 258 g/mol. The Morgan fingerprint density at radius 3 is 2.44 bits per heavy atom. The lowest BCUT2D eigenvalue weighted by Crippen LogP contribution is -2.44. The summed E-state index contributed by atoms with van der Waals surface area (Å²) in [7, 11) is 0. The van der Waals surface area contributed by atoms with Gasteiger partial charge in [0.15, 0.2) is 0 Å². The van der Waals surface area contributed by atoms with Gasteiger partial charge in [0.25, 0.3) is 0 Å². The Labute approximate surface area is 103 Å². The fraction of sp³-hybridized carbons (Fsp3) is 0.417. The summed E-state index contributed by atoms with van der Waals surface area (Å²) in [6.07, 6.45) is -3.38. The first-order valence-corrected chi connectivity index (χ1v) is 5.62. The third-order valence-electron chi connectivity index (χ3n) is 2.94. The number of anilines is 1. The average Bonchev–Trinajstić information content (AvgIpc) is 2.16. The molecule has 0 aliphatic carbocycles. The number of likely N-dealkylation sites (tertiary alicyclic amines) is 1. The first kappa shape index (κ1) is 12.7. The molecule has 0 spiro atoms. The highest BCUT2D eigenvalue weighted by molar-refractivity contribution is 5.90. The Bertz CT molecular complexity index is 467. The second kappa shape index (κ2) is 4.51. The van der Waals surface area contributed by atoms with Gasteiger partial charge in [-0.3, -0.25) is 0 Å². The summed E-state index contributed by atoms with van der Waals surface area (Å²) in [5.41, 5.74) is 0.112. The number of carbonyl (C=O) groups excluding carboxylic acids is 1. The number of hydrogen-bond acceptors (Lipinski definition) is 1. The Kier molecular flexibility index (Phi) is 3.19. The van der Waals surface area contributed by atoms with E-state index in [4.69, 9.17) is 0 Å². The topological polar surface area (TPSA) is 32.3 Å². The van der Waals surface area contributed by atoms with Crippen LogP contribution in [0, 0.1) is 6.92 Å². The van der Waals surface area contributed by atoms with Crippen molar-refractivity contribution in [3.63, 3.8) is 0 Å². The van der Waals surface area contributed by atoms with E-state index < -0.39 is 11.7 Å². The third-order valence-corrected chi connectivity index (χ3v) is 2.94. The van der Waals surface area contributed by atoms with Gasteiger partial charge in [0.2, 0.25) is 0 Å². The lowest BCUT2D eigenvalue weighted by molar-refractivity contribution is -0.137. The summed E-state index contributed by atoms with van der Waals surface area (Å²) in [6.45, 7) is 2.94. The molecule has 0 saturated carbocycles. The molecule has 2 amide bonds. The molecule has 0 atom stereocenters. The van der Waals surface area contributed by atoms with Crippen LogP contribution < -0.4 is 5.32 Å². The molecule has 0 radical (unpaired) electrons. The van der Waals surface area contributed by atoms with Gasteiger partial charge in [-0.05, 0) is 37.1 Å². The zero-order valence-electron chi connectivity index (χ0n) is 9.84. The zero-order valence-corrected chi connectivity index (χ0v) is 9.84. The van der Waals surface area contributed by atoms with Gasteiger partial charge in [0.05, 0.1) is 5.56 Å². The Morgan fingerprint density at radius 1 is 1.33 bits per heavy atom. The number of benzene rings is 1. The van der Waals surface area contributed by atoms with Crippen LogP contribution in [0.3, 0.4) is 0 Å². The van der Waals surface area contributed by atoms with Gasteiger partial charge in [-0.1, -0.05) is 0 Å². The number of amides is 2. The van der Waals surface area contributed by atoms with Gasteiger partial charge < -0.3 is 10.2 Å². The van der Waals surface area contributed by atoms with Crippen LogP contribution in [0.2, 0.25) is 0 Å². The maximum atomic E-state index is 12.5. The normalized spacial score (nSPS) is 15.2. The van der Waals surface area contributed by atoms with Crippen LogP contribution in [0.5, 0.6) is 0 Å². The summed E-state index contributed by atoms with van der Waals surface area (Å²) >= 11 is 0.